The molecular weight excluding hydrogens is 548 g/mol. The molecule has 0 radical (unpaired) electrons. The molecule has 40 heavy (non-hydrogen) atoms. The molecule has 1 aromatic carbocycles. The number of benzene rings is 1. The number of rotatable bonds is 9. The molecule has 0 aliphatic carbocycles. The van der Waals surface area contributed by atoms with Crippen LogP contribution < -0.4 is 5.32 Å². The predicted molar refractivity (Wildman–Crippen MR) is 157 cm³/mol. The van der Waals surface area contributed by atoms with Crippen molar-refractivity contribution in [3.63, 3.8) is 0 Å². The summed E-state index contributed by atoms with van der Waals surface area (Å²) in [6, 6.07) is 5.94. The molecular formula is C29H40N4O5S2. The smallest absolute Gasteiger partial charge is 0.257 e. The second-order valence-corrected chi connectivity index (χ2v) is 13.6. The average molecular weight is 589 g/mol. The van der Waals surface area contributed by atoms with Crippen LogP contribution in [0, 0.1) is 0 Å². The van der Waals surface area contributed by atoms with Crippen molar-refractivity contribution < 1.29 is 22.8 Å². The van der Waals surface area contributed by atoms with Crippen LogP contribution in [0.5, 0.6) is 0 Å². The van der Waals surface area contributed by atoms with E-state index in [2.05, 4.69) is 5.32 Å². The van der Waals surface area contributed by atoms with Gasteiger partial charge in [0.25, 0.3) is 11.8 Å². The van der Waals surface area contributed by atoms with Crippen molar-refractivity contribution in [1.82, 2.24) is 14.1 Å². The molecule has 1 atom stereocenters. The van der Waals surface area contributed by atoms with Crippen LogP contribution in [0.1, 0.15) is 91.0 Å². The van der Waals surface area contributed by atoms with Crippen LogP contribution in [0.2, 0.25) is 0 Å². The van der Waals surface area contributed by atoms with Crippen LogP contribution in [0.4, 0.5) is 5.00 Å². The van der Waals surface area contributed by atoms with Crippen molar-refractivity contribution >= 4 is 44.1 Å². The third kappa shape index (κ3) is 6.26. The number of piperidine rings is 1. The third-order valence-electron chi connectivity index (χ3n) is 7.68. The summed E-state index contributed by atoms with van der Waals surface area (Å²) in [4.78, 5) is 43.8. The first-order valence-electron chi connectivity index (χ1n) is 14.2. The summed E-state index contributed by atoms with van der Waals surface area (Å²) in [7, 11) is -3.64. The highest BCUT2D eigenvalue weighted by atomic mass is 32.2. The lowest BCUT2D eigenvalue weighted by molar-refractivity contribution is -0.129. The van der Waals surface area contributed by atoms with E-state index in [9.17, 15) is 22.8 Å². The van der Waals surface area contributed by atoms with E-state index >= 15 is 0 Å². The minimum atomic E-state index is -3.64. The van der Waals surface area contributed by atoms with Gasteiger partial charge >= 0.3 is 0 Å². The summed E-state index contributed by atoms with van der Waals surface area (Å²) in [5, 5.41) is 3.42. The number of hydrogen-bond acceptors (Lipinski definition) is 6. The van der Waals surface area contributed by atoms with Gasteiger partial charge in [-0.25, -0.2) is 8.42 Å². The van der Waals surface area contributed by atoms with Gasteiger partial charge in [-0.05, 0) is 68.9 Å². The number of nitrogens with zero attached hydrogens (tertiary/aromatic N) is 3. The van der Waals surface area contributed by atoms with E-state index in [4.69, 9.17) is 0 Å². The average Bonchev–Trinajstić information content (AvgIpc) is 3.29. The van der Waals surface area contributed by atoms with Crippen molar-refractivity contribution in [3.05, 3.63) is 45.8 Å². The molecule has 1 N–H and O–H groups in total. The summed E-state index contributed by atoms with van der Waals surface area (Å²) < 4.78 is 28.0. The zero-order valence-corrected chi connectivity index (χ0v) is 25.5. The van der Waals surface area contributed by atoms with E-state index in [1.54, 1.807) is 9.21 Å². The second-order valence-electron chi connectivity index (χ2n) is 10.6. The Kier molecular flexibility index (Phi) is 9.68. The first-order chi connectivity index (χ1) is 19.1. The summed E-state index contributed by atoms with van der Waals surface area (Å²) in [5.41, 5.74) is 1.72. The number of amides is 3. The number of carbonyl (C=O) groups is 3. The molecule has 2 aliphatic rings. The van der Waals surface area contributed by atoms with E-state index in [-0.39, 0.29) is 22.8 Å². The second kappa shape index (κ2) is 12.8. The largest absolute Gasteiger partial charge is 0.339 e. The Morgan fingerprint density at radius 3 is 2.33 bits per heavy atom. The SMILES string of the molecule is CCCN(CCC)C(=O)c1c(NC(=O)c2ccc(S(=O)(=O)N3CCCCC3C)cc2)sc2c1CCN(C(C)=O)C2. The zero-order chi connectivity index (χ0) is 29.0. The molecule has 1 saturated heterocycles. The Labute approximate surface area is 241 Å². The van der Waals surface area contributed by atoms with E-state index < -0.39 is 15.9 Å². The number of hydrogen-bond donors (Lipinski definition) is 1. The van der Waals surface area contributed by atoms with Crippen LogP contribution in [0.3, 0.4) is 0 Å². The molecule has 3 amide bonds. The maximum atomic E-state index is 13.8. The third-order valence-corrected chi connectivity index (χ3v) is 10.8. The Morgan fingerprint density at radius 2 is 1.73 bits per heavy atom. The maximum absolute atomic E-state index is 13.8. The molecule has 0 spiro atoms. The topological polar surface area (TPSA) is 107 Å². The molecule has 218 valence electrons. The number of carbonyl (C=O) groups excluding carboxylic acids is 3. The van der Waals surface area contributed by atoms with Crippen LogP contribution in [-0.4, -0.2) is 72.5 Å². The fourth-order valence-corrected chi connectivity index (χ4v) is 8.47. The molecule has 2 aliphatic heterocycles. The summed E-state index contributed by atoms with van der Waals surface area (Å²) in [6.45, 7) is 10.2. The highest BCUT2D eigenvalue weighted by molar-refractivity contribution is 7.89. The molecule has 1 fully saturated rings. The lowest BCUT2D eigenvalue weighted by atomic mass is 10.0. The summed E-state index contributed by atoms with van der Waals surface area (Å²) >= 11 is 1.34. The lowest BCUT2D eigenvalue weighted by Crippen LogP contribution is -2.41. The highest BCUT2D eigenvalue weighted by Gasteiger charge is 2.33. The molecule has 1 aromatic heterocycles. The first kappa shape index (κ1) is 30.2. The van der Waals surface area contributed by atoms with Gasteiger partial charge in [0, 0.05) is 49.6 Å². The monoisotopic (exact) mass is 588 g/mol. The molecule has 1 unspecified atom stereocenters. The van der Waals surface area contributed by atoms with Crippen molar-refractivity contribution in [2.24, 2.45) is 0 Å². The van der Waals surface area contributed by atoms with Gasteiger partial charge in [-0.3, -0.25) is 14.4 Å². The molecule has 3 heterocycles. The number of sulfonamides is 1. The molecule has 11 heteroatoms. The van der Waals surface area contributed by atoms with Crippen molar-refractivity contribution in [2.75, 3.05) is 31.5 Å². The quantitative estimate of drug-likeness (QED) is 0.456. The van der Waals surface area contributed by atoms with Crippen molar-refractivity contribution in [1.29, 1.82) is 0 Å². The highest BCUT2D eigenvalue weighted by Crippen LogP contribution is 2.38. The van der Waals surface area contributed by atoms with E-state index in [1.165, 1.54) is 42.5 Å². The summed E-state index contributed by atoms with van der Waals surface area (Å²) in [6.07, 6.45) is 4.89. The van der Waals surface area contributed by atoms with Crippen molar-refractivity contribution in [3.8, 4) is 0 Å². The molecule has 0 bridgehead atoms. The van der Waals surface area contributed by atoms with Gasteiger partial charge in [0.15, 0.2) is 0 Å². The Balaban J connectivity index is 1.61. The molecule has 0 saturated carbocycles. The van der Waals surface area contributed by atoms with Gasteiger partial charge in [0.2, 0.25) is 15.9 Å². The van der Waals surface area contributed by atoms with E-state index in [0.29, 0.717) is 55.3 Å². The lowest BCUT2D eigenvalue weighted by Gasteiger charge is -2.32. The number of anilines is 1. The van der Waals surface area contributed by atoms with Gasteiger partial charge in [0.1, 0.15) is 5.00 Å². The maximum Gasteiger partial charge on any atom is 0.257 e. The standard InChI is InChI=1S/C29H40N4O5S2/c1-5-15-31(16-6-2)29(36)26-24-14-18-32(21(4)34)19-25(24)39-28(26)30-27(35)22-10-12-23(13-11-22)40(37,38)33-17-8-7-9-20(33)3/h10-13,20H,5-9,14-19H2,1-4H3,(H,30,35). The van der Waals surface area contributed by atoms with E-state index in [1.807, 2.05) is 25.7 Å². The zero-order valence-electron chi connectivity index (χ0n) is 23.9. The first-order valence-corrected chi connectivity index (χ1v) is 16.5. The van der Waals surface area contributed by atoms with Gasteiger partial charge in [-0.1, -0.05) is 20.3 Å². The Bertz CT molecular complexity index is 1350. The van der Waals surface area contributed by atoms with Gasteiger partial charge in [-0.2, -0.15) is 4.31 Å². The minimum absolute atomic E-state index is 0.0231. The minimum Gasteiger partial charge on any atom is -0.339 e. The number of nitrogens with one attached hydrogen (secondary N) is 1. The normalized spacial score (nSPS) is 17.8. The van der Waals surface area contributed by atoms with Gasteiger partial charge in [0.05, 0.1) is 17.0 Å². The van der Waals surface area contributed by atoms with Crippen LogP contribution >= 0.6 is 11.3 Å². The molecule has 2 aromatic rings. The van der Waals surface area contributed by atoms with E-state index in [0.717, 1.165) is 42.5 Å². The Hall–Kier alpha value is -2.76. The van der Waals surface area contributed by atoms with Crippen LogP contribution in [-0.2, 0) is 27.8 Å². The van der Waals surface area contributed by atoms with Gasteiger partial charge in [-0.15, -0.1) is 11.3 Å². The predicted octanol–water partition coefficient (Wildman–Crippen LogP) is 4.73. The number of fused-ring (bicyclic) bond motifs is 1. The summed E-state index contributed by atoms with van der Waals surface area (Å²) in [5.74, 6) is -0.543. The van der Waals surface area contributed by atoms with Crippen molar-refractivity contribution in [2.45, 2.75) is 83.7 Å². The van der Waals surface area contributed by atoms with Crippen LogP contribution in [0.15, 0.2) is 29.2 Å². The number of thiophene rings is 1. The molecule has 4 rings (SSSR count). The van der Waals surface area contributed by atoms with Gasteiger partial charge < -0.3 is 15.1 Å². The molecule has 9 nitrogen and oxygen atoms in total. The Morgan fingerprint density at radius 1 is 1.05 bits per heavy atom. The fraction of sp³-hybridized carbons (Fsp3) is 0.552. The van der Waals surface area contributed by atoms with Crippen LogP contribution in [0.25, 0.3) is 0 Å². The fourth-order valence-electron chi connectivity index (χ4n) is 5.52.